The van der Waals surface area contributed by atoms with Gasteiger partial charge in [0.05, 0.1) is 18.6 Å². The van der Waals surface area contributed by atoms with Gasteiger partial charge in [-0.15, -0.1) is 0 Å². The summed E-state index contributed by atoms with van der Waals surface area (Å²) in [6, 6.07) is 0.680. The van der Waals surface area contributed by atoms with Crippen molar-refractivity contribution in [2.45, 2.75) is 50.1 Å². The zero-order valence-corrected chi connectivity index (χ0v) is 15.6. The second kappa shape index (κ2) is 9.20. The Labute approximate surface area is 156 Å². The molecule has 10 heteroatoms. The molecule has 27 heavy (non-hydrogen) atoms. The van der Waals surface area contributed by atoms with Crippen molar-refractivity contribution in [2.75, 3.05) is 40.4 Å². The fourth-order valence-electron chi connectivity index (χ4n) is 3.75. The van der Waals surface area contributed by atoms with E-state index >= 15 is 0 Å². The monoisotopic (exact) mass is 396 g/mol. The minimum Gasteiger partial charge on any atom is -0.475 e. The van der Waals surface area contributed by atoms with E-state index < -0.39 is 12.1 Å². The van der Waals surface area contributed by atoms with Gasteiger partial charge < -0.3 is 19.5 Å². The van der Waals surface area contributed by atoms with E-state index in [1.165, 1.54) is 0 Å². The molecule has 7 nitrogen and oxygen atoms in total. The molecule has 0 unspecified atom stereocenters. The molecule has 3 aliphatic heterocycles. The van der Waals surface area contributed by atoms with E-state index in [4.69, 9.17) is 19.4 Å². The number of carboxylic acids is 1. The van der Waals surface area contributed by atoms with Gasteiger partial charge in [0.15, 0.2) is 0 Å². The first-order valence-corrected chi connectivity index (χ1v) is 9.05. The molecular weight excluding hydrogens is 369 g/mol. The smallest absolute Gasteiger partial charge is 0.475 e. The van der Waals surface area contributed by atoms with Crippen LogP contribution in [-0.4, -0.2) is 91.6 Å². The molecule has 0 saturated carbocycles. The van der Waals surface area contributed by atoms with E-state index in [1.54, 1.807) is 4.90 Å². The zero-order valence-electron chi connectivity index (χ0n) is 15.6. The Hall–Kier alpha value is -1.39. The predicted octanol–water partition coefficient (Wildman–Crippen LogP) is 1.37. The lowest BCUT2D eigenvalue weighted by Gasteiger charge is -2.31. The van der Waals surface area contributed by atoms with Crippen molar-refractivity contribution in [1.29, 1.82) is 0 Å². The van der Waals surface area contributed by atoms with E-state index in [2.05, 4.69) is 4.90 Å². The average Bonchev–Trinajstić information content (AvgIpc) is 3.13. The van der Waals surface area contributed by atoms with Crippen molar-refractivity contribution in [3.05, 3.63) is 0 Å². The largest absolute Gasteiger partial charge is 0.490 e. The van der Waals surface area contributed by atoms with Crippen LogP contribution in [0.5, 0.6) is 0 Å². The maximum absolute atomic E-state index is 11.8. The highest BCUT2D eigenvalue weighted by Gasteiger charge is 2.44. The van der Waals surface area contributed by atoms with Crippen molar-refractivity contribution >= 4 is 11.9 Å². The summed E-state index contributed by atoms with van der Waals surface area (Å²) in [6.45, 7) is 3.98. The van der Waals surface area contributed by atoms with Gasteiger partial charge in [0.1, 0.15) is 0 Å². The lowest BCUT2D eigenvalue weighted by Crippen LogP contribution is -2.39. The van der Waals surface area contributed by atoms with Crippen molar-refractivity contribution in [2.24, 2.45) is 5.92 Å². The van der Waals surface area contributed by atoms with Gasteiger partial charge in [0.25, 0.3) is 0 Å². The van der Waals surface area contributed by atoms with Gasteiger partial charge in [-0.3, -0.25) is 9.69 Å². The second-order valence-corrected chi connectivity index (χ2v) is 7.38. The third-order valence-electron chi connectivity index (χ3n) is 5.19. The minimum absolute atomic E-state index is 0.136. The summed E-state index contributed by atoms with van der Waals surface area (Å²) >= 11 is 0. The lowest BCUT2D eigenvalue weighted by atomic mass is 10.0. The Balaban J connectivity index is 0.000000321. The van der Waals surface area contributed by atoms with Crippen LogP contribution in [0, 0.1) is 5.92 Å². The minimum atomic E-state index is -5.08. The van der Waals surface area contributed by atoms with Gasteiger partial charge in [-0.2, -0.15) is 13.2 Å². The van der Waals surface area contributed by atoms with E-state index in [-0.39, 0.29) is 12.0 Å². The Bertz CT molecular complexity index is 509. The lowest BCUT2D eigenvalue weighted by molar-refractivity contribution is -0.192. The number of halogens is 3. The summed E-state index contributed by atoms with van der Waals surface area (Å²) in [5.74, 6) is -1.96. The number of likely N-dealkylation sites (tertiary alicyclic amines) is 1. The molecule has 0 bridgehead atoms. The van der Waals surface area contributed by atoms with Crippen molar-refractivity contribution in [3.8, 4) is 0 Å². The number of aliphatic carboxylic acids is 1. The number of carbonyl (C=O) groups is 2. The number of hydrogen-bond donors (Lipinski definition) is 1. The highest BCUT2D eigenvalue weighted by atomic mass is 19.4. The van der Waals surface area contributed by atoms with E-state index in [0.29, 0.717) is 24.5 Å². The number of fused-ring (bicyclic) bond motifs is 1. The van der Waals surface area contributed by atoms with Crippen LogP contribution in [0.1, 0.15) is 25.7 Å². The molecule has 156 valence electrons. The van der Waals surface area contributed by atoms with Crippen LogP contribution in [0.3, 0.4) is 0 Å². The molecule has 3 aliphatic rings. The molecule has 0 aromatic heterocycles. The molecule has 3 atom stereocenters. The van der Waals surface area contributed by atoms with Gasteiger partial charge in [-0.05, 0) is 19.3 Å². The summed E-state index contributed by atoms with van der Waals surface area (Å²) in [6.07, 6.45) is -0.708. The Kier molecular flexibility index (Phi) is 7.47. The van der Waals surface area contributed by atoms with Crippen molar-refractivity contribution < 1.29 is 37.3 Å². The van der Waals surface area contributed by atoms with Crippen LogP contribution in [0.15, 0.2) is 0 Å². The third-order valence-corrected chi connectivity index (χ3v) is 5.19. The molecule has 3 rings (SSSR count). The fourth-order valence-corrected chi connectivity index (χ4v) is 3.75. The van der Waals surface area contributed by atoms with Crippen LogP contribution in [0.4, 0.5) is 13.2 Å². The molecule has 0 aliphatic carbocycles. The topological polar surface area (TPSA) is 79.3 Å². The van der Waals surface area contributed by atoms with E-state index in [0.717, 1.165) is 45.6 Å². The van der Waals surface area contributed by atoms with Gasteiger partial charge >= 0.3 is 12.1 Å². The Morgan fingerprint density at radius 3 is 2.26 bits per heavy atom. The molecule has 3 heterocycles. The molecule has 3 fully saturated rings. The summed E-state index contributed by atoms with van der Waals surface area (Å²) in [5, 5.41) is 7.12. The maximum Gasteiger partial charge on any atom is 0.490 e. The third kappa shape index (κ3) is 6.32. The van der Waals surface area contributed by atoms with Gasteiger partial charge in [0.2, 0.25) is 5.91 Å². The molecule has 3 saturated heterocycles. The van der Waals surface area contributed by atoms with Gasteiger partial charge in [-0.25, -0.2) is 4.79 Å². The SMILES string of the molecule is CN(C)C(=O)C[C@@H]1C[C@H]2CN(C3CCOCC3)C[C@H]2O1.O=C(O)C(F)(F)F. The van der Waals surface area contributed by atoms with Crippen LogP contribution < -0.4 is 0 Å². The van der Waals surface area contributed by atoms with E-state index in [1.807, 2.05) is 14.1 Å². The van der Waals surface area contributed by atoms with Crippen LogP contribution >= 0.6 is 0 Å². The second-order valence-electron chi connectivity index (χ2n) is 7.38. The van der Waals surface area contributed by atoms with E-state index in [9.17, 15) is 18.0 Å². The number of carbonyl (C=O) groups excluding carboxylic acids is 1. The summed E-state index contributed by atoms with van der Waals surface area (Å²) < 4.78 is 43.3. The maximum atomic E-state index is 11.8. The fraction of sp³-hybridized carbons (Fsp3) is 0.882. The normalized spacial score (nSPS) is 29.0. The number of ether oxygens (including phenoxy) is 2. The summed E-state index contributed by atoms with van der Waals surface area (Å²) in [5.41, 5.74) is 0. The number of alkyl halides is 3. The van der Waals surface area contributed by atoms with Crippen LogP contribution in [0.2, 0.25) is 0 Å². The average molecular weight is 396 g/mol. The molecule has 0 aromatic carbocycles. The molecule has 0 spiro atoms. The number of nitrogens with zero attached hydrogens (tertiary/aromatic N) is 2. The predicted molar refractivity (Wildman–Crippen MR) is 89.2 cm³/mol. The highest BCUT2D eigenvalue weighted by Crippen LogP contribution is 2.36. The Morgan fingerprint density at radius 1 is 1.19 bits per heavy atom. The summed E-state index contributed by atoms with van der Waals surface area (Å²) in [7, 11) is 3.62. The van der Waals surface area contributed by atoms with Gasteiger partial charge in [0, 0.05) is 52.4 Å². The van der Waals surface area contributed by atoms with Crippen LogP contribution in [0.25, 0.3) is 0 Å². The molecular formula is C17H27F3N2O5. The van der Waals surface area contributed by atoms with Crippen LogP contribution in [-0.2, 0) is 19.1 Å². The zero-order chi connectivity index (χ0) is 20.2. The first kappa shape index (κ1) is 21.9. The van der Waals surface area contributed by atoms with Crippen molar-refractivity contribution in [1.82, 2.24) is 9.80 Å². The van der Waals surface area contributed by atoms with Crippen molar-refractivity contribution in [3.63, 3.8) is 0 Å². The molecule has 0 aromatic rings. The number of carboxylic acid groups (broad SMARTS) is 1. The highest BCUT2D eigenvalue weighted by molar-refractivity contribution is 5.76. The first-order valence-electron chi connectivity index (χ1n) is 9.05. The Morgan fingerprint density at radius 2 is 1.78 bits per heavy atom. The first-order chi connectivity index (χ1) is 12.6. The molecule has 1 amide bonds. The van der Waals surface area contributed by atoms with Gasteiger partial charge in [-0.1, -0.05) is 0 Å². The standard InChI is InChI=1S/C15H26N2O3.C2HF3O2/c1-16(2)15(18)8-13-7-11-9-17(10-14(11)20-13)12-3-5-19-6-4-12;3-2(4,5)1(6)7/h11-14H,3-10H2,1-2H3;(H,6,7)/t11-,13-,14+;/m0./s1. The number of amides is 1. The quantitative estimate of drug-likeness (QED) is 0.776. The summed E-state index contributed by atoms with van der Waals surface area (Å²) in [4.78, 5) is 24.9. The number of hydrogen-bond acceptors (Lipinski definition) is 5. The molecule has 0 radical (unpaired) electrons. The number of rotatable bonds is 3. The molecule has 1 N–H and O–H groups in total.